The zero-order valence-electron chi connectivity index (χ0n) is 22.9. The zero-order valence-corrected chi connectivity index (χ0v) is 23.7. The monoisotopic (exact) mass is 597 g/mol. The smallest absolute Gasteiger partial charge is 0.416 e. The summed E-state index contributed by atoms with van der Waals surface area (Å²) in [7, 11) is -4.40. The maximum absolute atomic E-state index is 13.5. The van der Waals surface area contributed by atoms with Crippen LogP contribution in [0.25, 0.3) is 10.9 Å². The Hall–Kier alpha value is -4.12. The van der Waals surface area contributed by atoms with Crippen molar-refractivity contribution in [3.05, 3.63) is 94.7 Å². The summed E-state index contributed by atoms with van der Waals surface area (Å²) in [6.45, 7) is 2.05. The molecule has 0 atom stereocenters. The molecule has 0 saturated heterocycles. The molecule has 1 fully saturated rings. The average Bonchev–Trinajstić information content (AvgIpc) is 2.95. The topological polar surface area (TPSA) is 111 Å². The number of anilines is 1. The number of nitrogens with zero attached hydrogens (tertiary/aromatic N) is 1. The number of carbonyl (C=O) groups is 1. The van der Waals surface area contributed by atoms with E-state index in [-0.39, 0.29) is 28.7 Å². The van der Waals surface area contributed by atoms with E-state index in [1.165, 1.54) is 6.07 Å². The lowest BCUT2D eigenvalue weighted by Crippen LogP contribution is -2.22. The molecule has 1 heterocycles. The van der Waals surface area contributed by atoms with E-state index in [1.807, 2.05) is 37.3 Å². The van der Waals surface area contributed by atoms with Crippen LogP contribution in [0.5, 0.6) is 5.75 Å². The van der Waals surface area contributed by atoms with Crippen LogP contribution in [0.2, 0.25) is 0 Å². The number of para-hydroxylation sites is 1. The number of ether oxygens (including phenoxy) is 1. The number of alkyl halides is 3. The number of hydrogen-bond donors (Lipinski definition) is 2. The molecule has 7 nitrogen and oxygen atoms in total. The van der Waals surface area contributed by atoms with Crippen LogP contribution in [-0.2, 0) is 22.8 Å². The lowest BCUT2D eigenvalue weighted by Gasteiger charge is -2.28. The maximum atomic E-state index is 13.5. The number of aromatic nitrogens is 1. The number of primary amides is 1. The highest BCUT2D eigenvalue weighted by Crippen LogP contribution is 2.44. The summed E-state index contributed by atoms with van der Waals surface area (Å²) in [6, 6.07) is 15.8. The molecule has 0 bridgehead atoms. The molecular formula is C31H30F3N3O4S. The molecule has 3 N–H and O–H groups in total. The van der Waals surface area contributed by atoms with Crippen LogP contribution in [0.3, 0.4) is 0 Å². The van der Waals surface area contributed by atoms with Gasteiger partial charge in [0.25, 0.3) is 15.9 Å². The number of rotatable bonds is 8. The fraction of sp³-hybridized carbons (Fsp3) is 0.290. The normalized spacial score (nSPS) is 14.6. The third-order valence-electron chi connectivity index (χ3n) is 7.53. The number of halogens is 3. The first-order chi connectivity index (χ1) is 19.9. The second kappa shape index (κ2) is 11.6. The molecule has 5 rings (SSSR count). The molecule has 1 aromatic heterocycles. The van der Waals surface area contributed by atoms with Crippen molar-refractivity contribution in [3.63, 3.8) is 0 Å². The van der Waals surface area contributed by atoms with Gasteiger partial charge in [0.05, 0.1) is 27.2 Å². The van der Waals surface area contributed by atoms with Gasteiger partial charge in [-0.1, -0.05) is 37.5 Å². The first-order valence-corrected chi connectivity index (χ1v) is 15.1. The number of pyridine rings is 1. The molecule has 1 saturated carbocycles. The Morgan fingerprint density at radius 2 is 1.71 bits per heavy atom. The molecular weight excluding hydrogens is 567 g/mol. The summed E-state index contributed by atoms with van der Waals surface area (Å²) < 4.78 is 75.0. The van der Waals surface area contributed by atoms with Gasteiger partial charge in [-0.2, -0.15) is 13.2 Å². The molecule has 11 heteroatoms. The summed E-state index contributed by atoms with van der Waals surface area (Å²) in [4.78, 5) is 16.7. The number of benzene rings is 3. The summed E-state index contributed by atoms with van der Waals surface area (Å²) >= 11 is 0. The first kappa shape index (κ1) is 29.4. The van der Waals surface area contributed by atoms with Crippen molar-refractivity contribution in [1.29, 1.82) is 0 Å². The minimum Gasteiger partial charge on any atom is -0.489 e. The third-order valence-corrected chi connectivity index (χ3v) is 8.89. The fourth-order valence-electron chi connectivity index (χ4n) is 5.52. The van der Waals surface area contributed by atoms with E-state index in [2.05, 4.69) is 9.71 Å². The van der Waals surface area contributed by atoms with Crippen molar-refractivity contribution in [2.45, 2.75) is 62.6 Å². The molecule has 1 amide bonds. The van der Waals surface area contributed by atoms with E-state index in [4.69, 9.17) is 10.5 Å². The molecule has 1 aliphatic carbocycles. The number of amides is 1. The number of nitrogens with one attached hydrogen (secondary N) is 1. The molecule has 3 aromatic carbocycles. The van der Waals surface area contributed by atoms with Gasteiger partial charge < -0.3 is 10.5 Å². The predicted octanol–water partition coefficient (Wildman–Crippen LogP) is 7.09. The third kappa shape index (κ3) is 6.20. The van der Waals surface area contributed by atoms with Crippen molar-refractivity contribution < 1.29 is 31.1 Å². The number of carbonyl (C=O) groups excluding carboxylic acids is 1. The Kier molecular flexibility index (Phi) is 8.14. The Labute approximate surface area is 242 Å². The molecule has 0 unspecified atom stereocenters. The predicted molar refractivity (Wildman–Crippen MR) is 154 cm³/mol. The van der Waals surface area contributed by atoms with E-state index >= 15 is 0 Å². The van der Waals surface area contributed by atoms with Gasteiger partial charge in [0.15, 0.2) is 0 Å². The Bertz CT molecular complexity index is 1730. The molecule has 42 heavy (non-hydrogen) atoms. The summed E-state index contributed by atoms with van der Waals surface area (Å²) in [6.07, 6.45) is -0.297. The Morgan fingerprint density at radius 1 is 1.02 bits per heavy atom. The highest BCUT2D eigenvalue weighted by molar-refractivity contribution is 7.92. The highest BCUT2D eigenvalue weighted by atomic mass is 32.2. The second-order valence-corrected chi connectivity index (χ2v) is 12.1. The van der Waals surface area contributed by atoms with Crippen molar-refractivity contribution in [2.24, 2.45) is 5.73 Å². The largest absolute Gasteiger partial charge is 0.489 e. The minimum absolute atomic E-state index is 0.0115. The molecule has 0 radical (unpaired) electrons. The van der Waals surface area contributed by atoms with Crippen LogP contribution < -0.4 is 15.2 Å². The van der Waals surface area contributed by atoms with Gasteiger partial charge in [-0.3, -0.25) is 14.5 Å². The van der Waals surface area contributed by atoms with Crippen LogP contribution in [0.15, 0.2) is 71.6 Å². The zero-order chi connectivity index (χ0) is 30.1. The maximum Gasteiger partial charge on any atom is 0.416 e. The Morgan fingerprint density at radius 3 is 2.38 bits per heavy atom. The number of nitrogens with two attached hydrogens (primary N) is 1. The average molecular weight is 598 g/mol. The van der Waals surface area contributed by atoms with E-state index < -0.39 is 27.7 Å². The van der Waals surface area contributed by atoms with Gasteiger partial charge in [0.1, 0.15) is 12.4 Å². The lowest BCUT2D eigenvalue weighted by atomic mass is 9.82. The molecule has 0 spiro atoms. The van der Waals surface area contributed by atoms with Crippen molar-refractivity contribution >= 4 is 32.5 Å². The number of fused-ring (bicyclic) bond motifs is 1. The van der Waals surface area contributed by atoms with Gasteiger partial charge in [-0.15, -0.1) is 0 Å². The SMILES string of the molecule is Cc1cc(COc2ccc(C(N)=O)c(NS(=O)(=O)c3ccc(C(F)(F)F)cc3)c2C2CCCCC2)c2ccccc2n1. The summed E-state index contributed by atoms with van der Waals surface area (Å²) in [5.41, 5.74) is 7.68. The summed E-state index contributed by atoms with van der Waals surface area (Å²) in [5, 5.41) is 0.916. The van der Waals surface area contributed by atoms with Crippen molar-refractivity contribution in [2.75, 3.05) is 4.72 Å². The molecule has 4 aromatic rings. The van der Waals surface area contributed by atoms with Crippen LogP contribution >= 0.6 is 0 Å². The van der Waals surface area contributed by atoms with Gasteiger partial charge in [-0.05, 0) is 74.2 Å². The van der Waals surface area contributed by atoms with E-state index in [9.17, 15) is 26.4 Å². The second-order valence-electron chi connectivity index (χ2n) is 10.5. The molecule has 220 valence electrons. The van der Waals surface area contributed by atoms with Gasteiger partial charge >= 0.3 is 6.18 Å². The van der Waals surface area contributed by atoms with Crippen molar-refractivity contribution in [1.82, 2.24) is 4.98 Å². The number of aryl methyl sites for hydroxylation is 1. The van der Waals surface area contributed by atoms with Gasteiger partial charge in [0.2, 0.25) is 0 Å². The molecule has 1 aliphatic rings. The van der Waals surface area contributed by atoms with Gasteiger partial charge in [-0.25, -0.2) is 8.42 Å². The van der Waals surface area contributed by atoms with Crippen LogP contribution in [0, 0.1) is 6.92 Å². The fourth-order valence-corrected chi connectivity index (χ4v) is 6.63. The standard InChI is InChI=1S/C31H30F3N3O4S/c1-19-17-21(24-9-5-6-10-26(24)36-19)18-41-27-16-15-25(30(35)38)29(28(27)20-7-3-2-4-8-20)37-42(39,40)23-13-11-22(12-14-23)31(32,33)34/h5-6,9-17,20,37H,2-4,7-8,18H2,1H3,(H2,35,38). The number of sulfonamides is 1. The van der Waals surface area contributed by atoms with Crippen molar-refractivity contribution in [3.8, 4) is 5.75 Å². The van der Waals surface area contributed by atoms with Gasteiger partial charge in [0, 0.05) is 22.2 Å². The molecule has 0 aliphatic heterocycles. The summed E-state index contributed by atoms with van der Waals surface area (Å²) in [5.74, 6) is -0.579. The van der Waals surface area contributed by atoms with Crippen LogP contribution in [0.1, 0.15) is 70.8 Å². The Balaban J connectivity index is 1.58. The van der Waals surface area contributed by atoms with E-state index in [0.717, 1.165) is 66.4 Å². The quantitative estimate of drug-likeness (QED) is 0.225. The van der Waals surface area contributed by atoms with Crippen LogP contribution in [-0.4, -0.2) is 19.3 Å². The number of hydrogen-bond acceptors (Lipinski definition) is 5. The first-order valence-electron chi connectivity index (χ1n) is 13.6. The lowest BCUT2D eigenvalue weighted by molar-refractivity contribution is -0.137. The van der Waals surface area contributed by atoms with E-state index in [1.54, 1.807) is 6.07 Å². The minimum atomic E-state index is -4.62. The van der Waals surface area contributed by atoms with E-state index in [0.29, 0.717) is 23.4 Å². The van der Waals surface area contributed by atoms with Crippen LogP contribution in [0.4, 0.5) is 18.9 Å². The highest BCUT2D eigenvalue weighted by Gasteiger charge is 2.32.